The molecular formula is C29H26Cl2N4O4S. The van der Waals surface area contributed by atoms with Gasteiger partial charge < -0.3 is 14.5 Å². The zero-order valence-electron chi connectivity index (χ0n) is 21.6. The normalized spacial score (nSPS) is 13.7. The van der Waals surface area contributed by atoms with E-state index in [9.17, 15) is 13.2 Å². The number of carbonyl (C=O) groups is 1. The second-order valence-electron chi connectivity index (χ2n) is 9.22. The number of benzene rings is 3. The number of ether oxygens (including phenoxy) is 1. The number of nitrogens with one attached hydrogen (secondary N) is 1. The molecular weight excluding hydrogens is 571 g/mol. The Morgan fingerprint density at radius 3 is 2.33 bits per heavy atom. The van der Waals surface area contributed by atoms with Crippen molar-refractivity contribution >= 4 is 50.6 Å². The molecule has 4 aromatic rings. The van der Waals surface area contributed by atoms with Gasteiger partial charge in [0.05, 0.1) is 21.2 Å². The standard InChI is InChI=1S/C29H26Cl2N4O4S/c1-20-5-4-8-28(32-20)34-15-17-35(18-16-34)29(36)24-19-21(30)9-14-26(24)33-40(37,38)23-12-10-22(11-13-23)39-27-7-3-2-6-25(27)31/h2-14,19,33H,15-18H2,1H3. The highest BCUT2D eigenvalue weighted by molar-refractivity contribution is 7.92. The van der Waals surface area contributed by atoms with E-state index in [1.165, 1.54) is 42.5 Å². The smallest absolute Gasteiger partial charge is 0.261 e. The van der Waals surface area contributed by atoms with Crippen LogP contribution >= 0.6 is 23.2 Å². The Bertz CT molecular complexity index is 1640. The van der Waals surface area contributed by atoms with Crippen molar-refractivity contribution in [3.05, 3.63) is 106 Å². The van der Waals surface area contributed by atoms with E-state index in [2.05, 4.69) is 14.6 Å². The Kier molecular flexibility index (Phi) is 8.16. The molecule has 11 heteroatoms. The van der Waals surface area contributed by atoms with Crippen molar-refractivity contribution in [2.24, 2.45) is 0 Å². The van der Waals surface area contributed by atoms with E-state index in [0.29, 0.717) is 47.7 Å². The fraction of sp³-hybridized carbons (Fsp3) is 0.172. The number of rotatable bonds is 7. The molecule has 0 bridgehead atoms. The summed E-state index contributed by atoms with van der Waals surface area (Å²) in [6.07, 6.45) is 0. The molecule has 5 rings (SSSR count). The Morgan fingerprint density at radius 2 is 1.62 bits per heavy atom. The van der Waals surface area contributed by atoms with Gasteiger partial charge in [0, 0.05) is 36.9 Å². The van der Waals surface area contributed by atoms with Crippen LogP contribution in [0.15, 0.2) is 89.8 Å². The Balaban J connectivity index is 1.30. The summed E-state index contributed by atoms with van der Waals surface area (Å²) in [7, 11) is -4.02. The third-order valence-corrected chi connectivity index (χ3v) is 8.35. The van der Waals surface area contributed by atoms with Gasteiger partial charge in [-0.1, -0.05) is 41.4 Å². The average molecular weight is 598 g/mol. The number of piperazine rings is 1. The molecule has 0 spiro atoms. The third-order valence-electron chi connectivity index (χ3n) is 6.42. The van der Waals surface area contributed by atoms with E-state index >= 15 is 0 Å². The highest BCUT2D eigenvalue weighted by atomic mass is 35.5. The lowest BCUT2D eigenvalue weighted by atomic mass is 10.1. The number of halogens is 2. The minimum absolute atomic E-state index is 0.00614. The molecule has 2 heterocycles. The van der Waals surface area contributed by atoms with Crippen molar-refractivity contribution in [1.82, 2.24) is 9.88 Å². The zero-order chi connectivity index (χ0) is 28.3. The first-order chi connectivity index (χ1) is 19.2. The van der Waals surface area contributed by atoms with Gasteiger partial charge in [-0.15, -0.1) is 0 Å². The van der Waals surface area contributed by atoms with Crippen molar-refractivity contribution in [2.45, 2.75) is 11.8 Å². The quantitative estimate of drug-likeness (QED) is 0.271. The van der Waals surface area contributed by atoms with Gasteiger partial charge in [-0.25, -0.2) is 13.4 Å². The Hall–Kier alpha value is -3.79. The molecule has 0 unspecified atom stereocenters. The van der Waals surface area contributed by atoms with Gasteiger partial charge in [-0.05, 0) is 73.7 Å². The van der Waals surface area contributed by atoms with Crippen LogP contribution in [0, 0.1) is 6.92 Å². The first-order valence-electron chi connectivity index (χ1n) is 12.5. The number of anilines is 2. The van der Waals surface area contributed by atoms with E-state index in [1.807, 2.05) is 25.1 Å². The van der Waals surface area contributed by atoms with E-state index in [4.69, 9.17) is 27.9 Å². The number of para-hydroxylation sites is 1. The number of pyridine rings is 1. The Labute approximate surface area is 243 Å². The van der Waals surface area contributed by atoms with Gasteiger partial charge in [0.15, 0.2) is 0 Å². The second-order valence-corrected chi connectivity index (χ2v) is 11.7. The van der Waals surface area contributed by atoms with Gasteiger partial charge in [0.1, 0.15) is 17.3 Å². The van der Waals surface area contributed by atoms with Crippen molar-refractivity contribution in [3.8, 4) is 11.5 Å². The van der Waals surface area contributed by atoms with Crippen LogP contribution in [0.2, 0.25) is 10.0 Å². The highest BCUT2D eigenvalue weighted by Crippen LogP contribution is 2.30. The van der Waals surface area contributed by atoms with Crippen molar-refractivity contribution < 1.29 is 17.9 Å². The topological polar surface area (TPSA) is 91.8 Å². The molecule has 1 amide bonds. The summed E-state index contributed by atoms with van der Waals surface area (Å²) >= 11 is 12.4. The molecule has 8 nitrogen and oxygen atoms in total. The van der Waals surface area contributed by atoms with Gasteiger partial charge in [-0.2, -0.15) is 0 Å². The molecule has 0 atom stereocenters. The lowest BCUT2D eigenvalue weighted by Crippen LogP contribution is -2.49. The molecule has 40 heavy (non-hydrogen) atoms. The molecule has 3 aromatic carbocycles. The summed E-state index contributed by atoms with van der Waals surface area (Å²) < 4.78 is 34.8. The van der Waals surface area contributed by atoms with Gasteiger partial charge in [0.2, 0.25) is 0 Å². The maximum absolute atomic E-state index is 13.5. The molecule has 1 fully saturated rings. The highest BCUT2D eigenvalue weighted by Gasteiger charge is 2.26. The van der Waals surface area contributed by atoms with Crippen LogP contribution in [0.1, 0.15) is 16.1 Å². The maximum Gasteiger partial charge on any atom is 0.261 e. The van der Waals surface area contributed by atoms with Gasteiger partial charge in [-0.3, -0.25) is 9.52 Å². The third kappa shape index (κ3) is 6.33. The number of aryl methyl sites for hydroxylation is 1. The van der Waals surface area contributed by atoms with Crippen LogP contribution in [0.3, 0.4) is 0 Å². The first-order valence-corrected chi connectivity index (χ1v) is 14.8. The van der Waals surface area contributed by atoms with Crippen LogP contribution in [0.5, 0.6) is 11.5 Å². The predicted octanol–water partition coefficient (Wildman–Crippen LogP) is 6.25. The van der Waals surface area contributed by atoms with Crippen molar-refractivity contribution in [2.75, 3.05) is 35.8 Å². The number of sulfonamides is 1. The summed E-state index contributed by atoms with van der Waals surface area (Å²) in [5.41, 5.74) is 1.25. The van der Waals surface area contributed by atoms with Crippen LogP contribution in [-0.4, -0.2) is 50.4 Å². The number of nitrogens with zero attached hydrogens (tertiary/aromatic N) is 3. The maximum atomic E-state index is 13.5. The Morgan fingerprint density at radius 1 is 0.900 bits per heavy atom. The summed E-state index contributed by atoms with van der Waals surface area (Å²) in [4.78, 5) is 21.9. The fourth-order valence-electron chi connectivity index (χ4n) is 4.34. The lowest BCUT2D eigenvalue weighted by molar-refractivity contribution is 0.0747. The first kappa shape index (κ1) is 27.8. The summed E-state index contributed by atoms with van der Waals surface area (Å²) in [5.74, 6) is 1.44. The molecule has 0 radical (unpaired) electrons. The van der Waals surface area contributed by atoms with Crippen molar-refractivity contribution in [3.63, 3.8) is 0 Å². The van der Waals surface area contributed by atoms with E-state index < -0.39 is 10.0 Å². The summed E-state index contributed by atoms with van der Waals surface area (Å²) in [6.45, 7) is 4.06. The molecule has 206 valence electrons. The van der Waals surface area contributed by atoms with Crippen LogP contribution < -0.4 is 14.4 Å². The van der Waals surface area contributed by atoms with Gasteiger partial charge in [0.25, 0.3) is 15.9 Å². The fourth-order valence-corrected chi connectivity index (χ4v) is 5.77. The monoisotopic (exact) mass is 596 g/mol. The SMILES string of the molecule is Cc1cccc(N2CCN(C(=O)c3cc(Cl)ccc3NS(=O)(=O)c3ccc(Oc4ccccc4Cl)cc3)CC2)n1. The van der Waals surface area contributed by atoms with Gasteiger partial charge >= 0.3 is 0 Å². The molecule has 0 saturated carbocycles. The predicted molar refractivity (Wildman–Crippen MR) is 157 cm³/mol. The van der Waals surface area contributed by atoms with Crippen molar-refractivity contribution in [1.29, 1.82) is 0 Å². The van der Waals surface area contributed by atoms with E-state index in [1.54, 1.807) is 29.2 Å². The number of aromatic nitrogens is 1. The van der Waals surface area contributed by atoms with E-state index in [-0.39, 0.29) is 22.1 Å². The molecule has 1 aromatic heterocycles. The zero-order valence-corrected chi connectivity index (χ0v) is 23.9. The number of carbonyl (C=O) groups excluding carboxylic acids is 1. The molecule has 1 N–H and O–H groups in total. The van der Waals surface area contributed by atoms with Crippen LogP contribution in [-0.2, 0) is 10.0 Å². The minimum atomic E-state index is -4.02. The molecule has 1 aliphatic rings. The average Bonchev–Trinajstić information content (AvgIpc) is 2.95. The van der Waals surface area contributed by atoms with E-state index in [0.717, 1.165) is 11.5 Å². The molecule has 1 saturated heterocycles. The summed E-state index contributed by atoms with van der Waals surface area (Å²) in [5, 5.41) is 0.768. The molecule has 0 aliphatic carbocycles. The largest absolute Gasteiger partial charge is 0.456 e. The second kappa shape index (κ2) is 11.8. The number of amides is 1. The number of hydrogen-bond acceptors (Lipinski definition) is 6. The van der Waals surface area contributed by atoms with Crippen LogP contribution in [0.4, 0.5) is 11.5 Å². The molecule has 1 aliphatic heterocycles. The number of hydrogen-bond donors (Lipinski definition) is 1. The lowest BCUT2D eigenvalue weighted by Gasteiger charge is -2.35. The van der Waals surface area contributed by atoms with Crippen LogP contribution in [0.25, 0.3) is 0 Å². The minimum Gasteiger partial charge on any atom is -0.456 e. The summed E-state index contributed by atoms with van der Waals surface area (Å²) in [6, 6.07) is 23.3.